The van der Waals surface area contributed by atoms with E-state index in [1.165, 1.54) is 19.1 Å². The molecule has 1 aliphatic rings. The van der Waals surface area contributed by atoms with Crippen LogP contribution in [0.3, 0.4) is 0 Å². The molecule has 3 aromatic carbocycles. The van der Waals surface area contributed by atoms with E-state index in [0.717, 1.165) is 34.6 Å². The molecular weight excluding hydrogens is 510 g/mol. The Bertz CT molecular complexity index is 1590. The van der Waals surface area contributed by atoms with Crippen LogP contribution < -0.4 is 16.4 Å². The summed E-state index contributed by atoms with van der Waals surface area (Å²) >= 11 is 0. The molecule has 1 unspecified atom stereocenters. The van der Waals surface area contributed by atoms with Crippen LogP contribution in [-0.4, -0.2) is 36.9 Å². The maximum Gasteiger partial charge on any atom is 0.274 e. The van der Waals surface area contributed by atoms with Crippen LogP contribution in [0.15, 0.2) is 83.8 Å². The van der Waals surface area contributed by atoms with Crippen molar-refractivity contribution >= 4 is 21.4 Å². The molecule has 0 radical (unpaired) electrons. The highest BCUT2D eigenvalue weighted by molar-refractivity contribution is 7.90. The summed E-state index contributed by atoms with van der Waals surface area (Å²) in [6, 6.07) is 24.0. The summed E-state index contributed by atoms with van der Waals surface area (Å²) in [5.74, 6) is 0.387. The number of aryl methyl sites for hydroxylation is 1. The number of aromatic nitrogens is 2. The fourth-order valence-electron chi connectivity index (χ4n) is 4.61. The van der Waals surface area contributed by atoms with E-state index in [-0.39, 0.29) is 16.8 Å². The van der Waals surface area contributed by atoms with Crippen LogP contribution in [0.2, 0.25) is 0 Å². The van der Waals surface area contributed by atoms with E-state index in [1.54, 1.807) is 22.9 Å². The first-order chi connectivity index (χ1) is 18.7. The summed E-state index contributed by atoms with van der Waals surface area (Å²) in [6.07, 6.45) is 3.63. The fraction of sp³-hybridized carbons (Fsp3) is 0.267. The molecule has 9 heteroatoms. The molecule has 39 heavy (non-hydrogen) atoms. The number of anilines is 1. The number of carbonyl (C=O) groups excluding carboxylic acids is 1. The lowest BCUT2D eigenvalue weighted by Crippen LogP contribution is -2.25. The molecule has 0 saturated heterocycles. The first-order valence-electron chi connectivity index (χ1n) is 13.0. The normalized spacial score (nSPS) is 14.2. The Morgan fingerprint density at radius 1 is 1.03 bits per heavy atom. The Balaban J connectivity index is 1.41. The molecule has 1 aliphatic carbocycles. The lowest BCUT2D eigenvalue weighted by Gasteiger charge is -2.21. The number of sulfone groups is 1. The second kappa shape index (κ2) is 11.1. The molecule has 1 heterocycles. The molecule has 5 rings (SSSR count). The average molecular weight is 544 g/mol. The SMILES string of the molecule is Cc1cc(C(=O)Nc2cccc(C(NCC3CC3)c3ccc(S(C)(=O)=O)cc3)c2)n(-c2cccc(CN)c2)n1. The standard InChI is InChI=1S/C30H33N5O3S/c1-20-15-28(35(34-20)26-8-3-5-22(16-26)18-31)30(36)33-25-7-4-6-24(17-25)29(32-19-21-9-10-21)23-11-13-27(14-12-23)39(2,37)38/h3-8,11-17,21,29,32H,9-10,18-19,31H2,1-2H3,(H,33,36). The van der Waals surface area contributed by atoms with E-state index in [4.69, 9.17) is 5.73 Å². The van der Waals surface area contributed by atoms with Crippen LogP contribution in [0.5, 0.6) is 0 Å². The van der Waals surface area contributed by atoms with Gasteiger partial charge in [-0.2, -0.15) is 5.10 Å². The minimum atomic E-state index is -3.28. The smallest absolute Gasteiger partial charge is 0.274 e. The molecule has 0 aliphatic heterocycles. The zero-order valence-corrected chi connectivity index (χ0v) is 22.9. The van der Waals surface area contributed by atoms with Gasteiger partial charge in [0.05, 0.1) is 22.3 Å². The summed E-state index contributed by atoms with van der Waals surface area (Å²) in [5.41, 5.74) is 11.3. The first kappa shape index (κ1) is 26.8. The average Bonchev–Trinajstić information content (AvgIpc) is 3.67. The van der Waals surface area contributed by atoms with Gasteiger partial charge in [-0.05, 0) is 91.4 Å². The third-order valence-corrected chi connectivity index (χ3v) is 8.01. The van der Waals surface area contributed by atoms with E-state index in [9.17, 15) is 13.2 Å². The highest BCUT2D eigenvalue weighted by Crippen LogP contribution is 2.31. The molecule has 1 amide bonds. The van der Waals surface area contributed by atoms with Gasteiger partial charge in [-0.25, -0.2) is 13.1 Å². The molecule has 1 aromatic heterocycles. The highest BCUT2D eigenvalue weighted by atomic mass is 32.2. The second-order valence-corrected chi connectivity index (χ2v) is 12.2. The van der Waals surface area contributed by atoms with Crippen molar-refractivity contribution in [3.05, 3.63) is 107 Å². The Labute approximate surface area is 229 Å². The van der Waals surface area contributed by atoms with Crippen LogP contribution in [-0.2, 0) is 16.4 Å². The summed E-state index contributed by atoms with van der Waals surface area (Å²) in [6.45, 7) is 3.12. The van der Waals surface area contributed by atoms with E-state index in [1.807, 2.05) is 67.6 Å². The number of nitrogens with one attached hydrogen (secondary N) is 2. The van der Waals surface area contributed by atoms with Crippen LogP contribution in [0.25, 0.3) is 5.69 Å². The molecular formula is C30H33N5O3S. The van der Waals surface area contributed by atoms with Crippen molar-refractivity contribution in [1.29, 1.82) is 0 Å². The molecule has 4 aromatic rings. The number of nitrogens with two attached hydrogens (primary N) is 1. The molecule has 1 saturated carbocycles. The highest BCUT2D eigenvalue weighted by Gasteiger charge is 2.24. The van der Waals surface area contributed by atoms with E-state index in [2.05, 4.69) is 15.7 Å². The lowest BCUT2D eigenvalue weighted by atomic mass is 9.98. The van der Waals surface area contributed by atoms with Crippen molar-refractivity contribution in [2.45, 2.75) is 37.2 Å². The summed E-state index contributed by atoms with van der Waals surface area (Å²) in [5, 5.41) is 11.2. The van der Waals surface area contributed by atoms with Gasteiger partial charge < -0.3 is 16.4 Å². The molecule has 1 atom stereocenters. The van der Waals surface area contributed by atoms with Crippen molar-refractivity contribution in [3.8, 4) is 5.69 Å². The predicted molar refractivity (Wildman–Crippen MR) is 153 cm³/mol. The van der Waals surface area contributed by atoms with Crippen LogP contribution >= 0.6 is 0 Å². The van der Waals surface area contributed by atoms with Crippen molar-refractivity contribution in [2.24, 2.45) is 11.7 Å². The van der Waals surface area contributed by atoms with Gasteiger partial charge in [0.15, 0.2) is 9.84 Å². The maximum atomic E-state index is 13.4. The van der Waals surface area contributed by atoms with Gasteiger partial charge in [-0.1, -0.05) is 36.4 Å². The molecule has 1 fully saturated rings. The Morgan fingerprint density at radius 3 is 2.46 bits per heavy atom. The molecule has 0 bridgehead atoms. The summed E-state index contributed by atoms with van der Waals surface area (Å²) < 4.78 is 25.5. The van der Waals surface area contributed by atoms with Gasteiger partial charge >= 0.3 is 0 Å². The van der Waals surface area contributed by atoms with Crippen LogP contribution in [0, 0.1) is 12.8 Å². The van der Waals surface area contributed by atoms with Crippen molar-refractivity contribution in [3.63, 3.8) is 0 Å². The number of amides is 1. The molecule has 8 nitrogen and oxygen atoms in total. The number of rotatable bonds is 10. The second-order valence-electron chi connectivity index (χ2n) is 10.2. The van der Waals surface area contributed by atoms with E-state index in [0.29, 0.717) is 23.8 Å². The number of nitrogens with zero attached hydrogens (tertiary/aromatic N) is 2. The predicted octanol–water partition coefficient (Wildman–Crippen LogP) is 4.38. The Hall–Kier alpha value is -3.79. The number of hydrogen-bond donors (Lipinski definition) is 3. The minimum Gasteiger partial charge on any atom is -0.326 e. The fourth-order valence-corrected chi connectivity index (χ4v) is 5.24. The lowest BCUT2D eigenvalue weighted by molar-refractivity contribution is 0.101. The van der Waals surface area contributed by atoms with Gasteiger partial charge in [0.1, 0.15) is 5.69 Å². The zero-order valence-electron chi connectivity index (χ0n) is 22.1. The maximum absolute atomic E-state index is 13.4. The van der Waals surface area contributed by atoms with Crippen LogP contribution in [0.4, 0.5) is 5.69 Å². The van der Waals surface area contributed by atoms with Gasteiger partial charge in [-0.3, -0.25) is 4.79 Å². The van der Waals surface area contributed by atoms with Gasteiger partial charge in [0, 0.05) is 18.5 Å². The third kappa shape index (κ3) is 6.44. The molecule has 0 spiro atoms. The Kier molecular flexibility index (Phi) is 7.65. The number of hydrogen-bond acceptors (Lipinski definition) is 6. The quantitative estimate of drug-likeness (QED) is 0.273. The number of benzene rings is 3. The van der Waals surface area contributed by atoms with Gasteiger partial charge in [0.25, 0.3) is 5.91 Å². The third-order valence-electron chi connectivity index (χ3n) is 6.88. The topological polar surface area (TPSA) is 119 Å². The van der Waals surface area contributed by atoms with Gasteiger partial charge in [-0.15, -0.1) is 0 Å². The Morgan fingerprint density at radius 2 is 1.77 bits per heavy atom. The van der Waals surface area contributed by atoms with E-state index < -0.39 is 9.84 Å². The van der Waals surface area contributed by atoms with Crippen molar-refractivity contribution in [1.82, 2.24) is 15.1 Å². The monoisotopic (exact) mass is 543 g/mol. The van der Waals surface area contributed by atoms with E-state index >= 15 is 0 Å². The molecule has 202 valence electrons. The largest absolute Gasteiger partial charge is 0.326 e. The minimum absolute atomic E-state index is 0.150. The summed E-state index contributed by atoms with van der Waals surface area (Å²) in [7, 11) is -3.28. The molecule has 4 N–H and O–H groups in total. The number of carbonyl (C=O) groups is 1. The van der Waals surface area contributed by atoms with Crippen LogP contribution in [0.1, 0.15) is 51.8 Å². The van der Waals surface area contributed by atoms with Crippen molar-refractivity contribution < 1.29 is 13.2 Å². The summed E-state index contributed by atoms with van der Waals surface area (Å²) in [4.78, 5) is 13.7. The zero-order chi connectivity index (χ0) is 27.6. The van der Waals surface area contributed by atoms with Gasteiger partial charge in [0.2, 0.25) is 0 Å². The van der Waals surface area contributed by atoms with Crippen molar-refractivity contribution in [2.75, 3.05) is 18.1 Å². The first-order valence-corrected chi connectivity index (χ1v) is 14.9.